The number of hydrogen-bond donors (Lipinski definition) is 2. The summed E-state index contributed by atoms with van der Waals surface area (Å²) in [5.41, 5.74) is 1.42. The first kappa shape index (κ1) is 16.4. The molecular formula is C16H17ClN2O3. The minimum absolute atomic E-state index is 0.137. The van der Waals surface area contributed by atoms with Crippen molar-refractivity contribution in [1.82, 2.24) is 10.3 Å². The number of methoxy groups -OCH3 is 1. The summed E-state index contributed by atoms with van der Waals surface area (Å²) in [5.74, 6) is -0.303. The van der Waals surface area contributed by atoms with E-state index in [2.05, 4.69) is 10.3 Å². The van der Waals surface area contributed by atoms with Crippen LogP contribution in [0.5, 0.6) is 0 Å². The molecule has 0 aliphatic heterocycles. The van der Waals surface area contributed by atoms with Gasteiger partial charge in [0.15, 0.2) is 0 Å². The van der Waals surface area contributed by atoms with Gasteiger partial charge in [-0.15, -0.1) is 0 Å². The first-order chi connectivity index (χ1) is 10.6. The molecule has 22 heavy (non-hydrogen) atoms. The molecule has 6 heteroatoms. The molecule has 1 aromatic heterocycles. The largest absolute Gasteiger partial charge is 0.389 e. The molecule has 2 N–H and O–H groups in total. The molecule has 2 rings (SSSR count). The molecule has 2 aromatic rings. The summed E-state index contributed by atoms with van der Waals surface area (Å²) in [6, 6.07) is 9.20. The average molecular weight is 321 g/mol. The van der Waals surface area contributed by atoms with Crippen molar-refractivity contribution in [2.24, 2.45) is 0 Å². The normalized spacial score (nSPS) is 12.7. The van der Waals surface area contributed by atoms with Gasteiger partial charge < -0.3 is 15.2 Å². The first-order valence-electron chi connectivity index (χ1n) is 6.77. The lowest BCUT2D eigenvalue weighted by molar-refractivity contribution is -0.117. The molecule has 0 bridgehead atoms. The number of rotatable bonds is 6. The number of amides is 1. The van der Waals surface area contributed by atoms with Crippen molar-refractivity contribution in [2.45, 2.75) is 6.10 Å². The van der Waals surface area contributed by atoms with Gasteiger partial charge in [-0.05, 0) is 24.3 Å². The van der Waals surface area contributed by atoms with Gasteiger partial charge in [0, 0.05) is 30.1 Å². The van der Waals surface area contributed by atoms with Gasteiger partial charge in [0.25, 0.3) is 0 Å². The number of aliphatic hydroxyl groups excluding tert-OH is 1. The highest BCUT2D eigenvalue weighted by molar-refractivity contribution is 6.31. The van der Waals surface area contributed by atoms with Crippen LogP contribution in [0.25, 0.3) is 17.0 Å². The number of ether oxygens (including phenoxy) is 1. The van der Waals surface area contributed by atoms with Gasteiger partial charge in [-0.1, -0.05) is 23.7 Å². The number of aliphatic hydroxyl groups is 1. The smallest absolute Gasteiger partial charge is 0.244 e. The Balaban J connectivity index is 1.99. The Hall–Kier alpha value is -1.95. The van der Waals surface area contributed by atoms with Gasteiger partial charge in [-0.3, -0.25) is 4.79 Å². The Bertz CT molecular complexity index is 688. The third-order valence-corrected chi connectivity index (χ3v) is 3.19. The van der Waals surface area contributed by atoms with E-state index >= 15 is 0 Å². The lowest BCUT2D eigenvalue weighted by Crippen LogP contribution is -2.33. The molecule has 0 saturated carbocycles. The van der Waals surface area contributed by atoms with Crippen molar-refractivity contribution >= 4 is 34.5 Å². The Morgan fingerprint density at radius 2 is 2.23 bits per heavy atom. The van der Waals surface area contributed by atoms with Gasteiger partial charge in [-0.25, -0.2) is 4.98 Å². The lowest BCUT2D eigenvalue weighted by atomic mass is 10.2. The molecular weight excluding hydrogens is 304 g/mol. The number of aromatic nitrogens is 1. The Morgan fingerprint density at radius 3 is 3.00 bits per heavy atom. The third-order valence-electron chi connectivity index (χ3n) is 2.95. The summed E-state index contributed by atoms with van der Waals surface area (Å²) in [6.07, 6.45) is 2.26. The highest BCUT2D eigenvalue weighted by atomic mass is 35.5. The Morgan fingerprint density at radius 1 is 1.45 bits per heavy atom. The fraction of sp³-hybridized carbons (Fsp3) is 0.250. The minimum Gasteiger partial charge on any atom is -0.389 e. The molecule has 1 atom stereocenters. The van der Waals surface area contributed by atoms with E-state index < -0.39 is 6.10 Å². The fourth-order valence-corrected chi connectivity index (χ4v) is 2.05. The first-order valence-corrected chi connectivity index (χ1v) is 7.15. The van der Waals surface area contributed by atoms with E-state index in [1.807, 2.05) is 18.2 Å². The van der Waals surface area contributed by atoms with Crippen LogP contribution in [0.2, 0.25) is 5.02 Å². The van der Waals surface area contributed by atoms with Gasteiger partial charge >= 0.3 is 0 Å². The predicted molar refractivity (Wildman–Crippen MR) is 86.7 cm³/mol. The monoisotopic (exact) mass is 320 g/mol. The summed E-state index contributed by atoms with van der Waals surface area (Å²) in [4.78, 5) is 16.1. The van der Waals surface area contributed by atoms with Crippen molar-refractivity contribution in [3.05, 3.63) is 47.1 Å². The molecule has 0 saturated heterocycles. The van der Waals surface area contributed by atoms with Crippen molar-refractivity contribution < 1.29 is 14.6 Å². The number of hydrogen-bond acceptors (Lipinski definition) is 4. The zero-order valence-electron chi connectivity index (χ0n) is 12.1. The van der Waals surface area contributed by atoms with Crippen molar-refractivity contribution in [3.63, 3.8) is 0 Å². The predicted octanol–water partition coefficient (Wildman–Crippen LogP) is 2.02. The van der Waals surface area contributed by atoms with E-state index in [1.54, 1.807) is 18.2 Å². The molecule has 1 amide bonds. The fourth-order valence-electron chi connectivity index (χ4n) is 1.89. The molecule has 0 fully saturated rings. The van der Waals surface area contributed by atoms with Crippen molar-refractivity contribution in [3.8, 4) is 0 Å². The maximum atomic E-state index is 11.6. The second-order valence-electron chi connectivity index (χ2n) is 4.76. The number of fused-ring (bicyclic) bond motifs is 1. The highest BCUT2D eigenvalue weighted by Gasteiger charge is 2.04. The molecule has 0 spiro atoms. The number of benzene rings is 1. The standard InChI is InChI=1S/C16H17ClN2O3/c1-22-10-14(20)9-18-16(21)7-6-13-5-3-11-2-4-12(17)8-15(11)19-13/h2-8,14,20H,9-10H2,1H3,(H,18,21)/b7-6+. The maximum Gasteiger partial charge on any atom is 0.244 e. The van der Waals surface area contributed by atoms with Gasteiger partial charge in [-0.2, -0.15) is 0 Å². The summed E-state index contributed by atoms with van der Waals surface area (Å²) in [6.45, 7) is 0.314. The van der Waals surface area contributed by atoms with Gasteiger partial charge in [0.2, 0.25) is 5.91 Å². The van der Waals surface area contributed by atoms with Crippen LogP contribution in [0, 0.1) is 0 Å². The number of halogens is 1. The van der Waals surface area contributed by atoms with E-state index in [-0.39, 0.29) is 19.1 Å². The zero-order chi connectivity index (χ0) is 15.9. The van der Waals surface area contributed by atoms with Gasteiger partial charge in [0.1, 0.15) is 0 Å². The molecule has 5 nitrogen and oxygen atoms in total. The Labute approximate surface area is 133 Å². The van der Waals surface area contributed by atoms with Crippen molar-refractivity contribution in [2.75, 3.05) is 20.3 Å². The third kappa shape index (κ3) is 4.80. The molecule has 0 aliphatic rings. The zero-order valence-corrected chi connectivity index (χ0v) is 12.9. The number of carbonyl (C=O) groups is 1. The number of pyridine rings is 1. The summed E-state index contributed by atoms with van der Waals surface area (Å²) >= 11 is 5.94. The minimum atomic E-state index is -0.719. The van der Waals surface area contributed by atoms with Crippen LogP contribution >= 0.6 is 11.6 Å². The van der Waals surface area contributed by atoms with E-state index in [1.165, 1.54) is 13.2 Å². The summed E-state index contributed by atoms with van der Waals surface area (Å²) in [5, 5.41) is 13.6. The molecule has 1 aromatic carbocycles. The van der Waals surface area contributed by atoms with E-state index in [0.717, 1.165) is 10.9 Å². The van der Waals surface area contributed by atoms with Crippen LogP contribution in [0.3, 0.4) is 0 Å². The van der Waals surface area contributed by atoms with Crippen LogP contribution in [0.1, 0.15) is 5.69 Å². The molecule has 1 heterocycles. The average Bonchev–Trinajstić information content (AvgIpc) is 2.50. The van der Waals surface area contributed by atoms with Crippen LogP contribution in [-0.2, 0) is 9.53 Å². The van der Waals surface area contributed by atoms with Crippen LogP contribution in [0.15, 0.2) is 36.4 Å². The van der Waals surface area contributed by atoms with Gasteiger partial charge in [0.05, 0.1) is 23.9 Å². The quantitative estimate of drug-likeness (QED) is 0.799. The highest BCUT2D eigenvalue weighted by Crippen LogP contribution is 2.18. The van der Waals surface area contributed by atoms with Crippen LogP contribution in [0.4, 0.5) is 0 Å². The summed E-state index contributed by atoms with van der Waals surface area (Å²) < 4.78 is 4.78. The van der Waals surface area contributed by atoms with Crippen LogP contribution in [-0.4, -0.2) is 42.4 Å². The van der Waals surface area contributed by atoms with Crippen molar-refractivity contribution in [1.29, 1.82) is 0 Å². The maximum absolute atomic E-state index is 11.6. The molecule has 0 aliphatic carbocycles. The lowest BCUT2D eigenvalue weighted by Gasteiger charge is -2.08. The van der Waals surface area contributed by atoms with Crippen LogP contribution < -0.4 is 5.32 Å². The second kappa shape index (κ2) is 7.89. The second-order valence-corrected chi connectivity index (χ2v) is 5.20. The summed E-state index contributed by atoms with van der Waals surface area (Å²) in [7, 11) is 1.49. The molecule has 1 unspecified atom stereocenters. The number of nitrogens with one attached hydrogen (secondary N) is 1. The van der Waals surface area contributed by atoms with E-state index in [0.29, 0.717) is 10.7 Å². The molecule has 116 valence electrons. The topological polar surface area (TPSA) is 71.5 Å². The molecule has 0 radical (unpaired) electrons. The number of carbonyl (C=O) groups excluding carboxylic acids is 1. The van der Waals surface area contributed by atoms with E-state index in [4.69, 9.17) is 16.3 Å². The van der Waals surface area contributed by atoms with E-state index in [9.17, 15) is 9.90 Å². The Kier molecular flexibility index (Phi) is 5.89. The SMILES string of the molecule is COCC(O)CNC(=O)/C=C/c1ccc2ccc(Cl)cc2n1. The number of nitrogens with zero attached hydrogens (tertiary/aromatic N) is 1.